The van der Waals surface area contributed by atoms with Crippen LogP contribution >= 0.6 is 0 Å². The summed E-state index contributed by atoms with van der Waals surface area (Å²) < 4.78 is 45.3. The van der Waals surface area contributed by atoms with E-state index in [1.807, 2.05) is 18.2 Å². The zero-order valence-corrected chi connectivity index (χ0v) is 18.3. The van der Waals surface area contributed by atoms with Crippen LogP contribution in [0.15, 0.2) is 42.5 Å². The highest BCUT2D eigenvalue weighted by Crippen LogP contribution is 2.62. The average molecular weight is 457 g/mol. The van der Waals surface area contributed by atoms with Gasteiger partial charge in [-0.3, -0.25) is 4.90 Å². The predicted molar refractivity (Wildman–Crippen MR) is 118 cm³/mol. The van der Waals surface area contributed by atoms with Crippen molar-refractivity contribution in [2.24, 2.45) is 11.3 Å². The van der Waals surface area contributed by atoms with Gasteiger partial charge in [0.25, 0.3) is 0 Å². The molecule has 0 aromatic heterocycles. The molecule has 3 aliphatic heterocycles. The van der Waals surface area contributed by atoms with Gasteiger partial charge < -0.3 is 10.1 Å². The standard InChI is InChI=1S/C26H27F3N2O2/c27-26(28,29)20-3-1-2-17(13-20)18-4-5-21-19(12-18)14-25(8-9-25)23(21)30-24(32)33-22-15-31-10-6-16(22)7-11-31/h1-5,12-13,16,22-23H,6-11,14-15H2,(H,30,32)/t22-,23?/m0/s1. The van der Waals surface area contributed by atoms with Crippen molar-refractivity contribution < 1.29 is 22.7 Å². The van der Waals surface area contributed by atoms with E-state index < -0.39 is 11.7 Å². The van der Waals surface area contributed by atoms with Crippen molar-refractivity contribution in [3.05, 3.63) is 59.2 Å². The summed E-state index contributed by atoms with van der Waals surface area (Å²) in [5.41, 5.74) is 2.86. The van der Waals surface area contributed by atoms with Crippen LogP contribution in [-0.2, 0) is 17.3 Å². The van der Waals surface area contributed by atoms with Crippen LogP contribution in [0.25, 0.3) is 11.1 Å². The zero-order chi connectivity index (χ0) is 22.8. The molecule has 0 radical (unpaired) electrons. The molecular weight excluding hydrogens is 429 g/mol. The van der Waals surface area contributed by atoms with E-state index in [4.69, 9.17) is 4.74 Å². The van der Waals surface area contributed by atoms with Crippen molar-refractivity contribution in [3.63, 3.8) is 0 Å². The molecule has 1 spiro atoms. The lowest BCUT2D eigenvalue weighted by molar-refractivity contribution is -0.137. The Morgan fingerprint density at radius 1 is 1.06 bits per heavy atom. The van der Waals surface area contributed by atoms with Gasteiger partial charge in [-0.05, 0) is 90.9 Å². The molecule has 3 heterocycles. The largest absolute Gasteiger partial charge is 0.445 e. The maximum atomic E-state index is 13.1. The van der Waals surface area contributed by atoms with E-state index in [0.717, 1.165) is 74.5 Å². The summed E-state index contributed by atoms with van der Waals surface area (Å²) in [6.45, 7) is 3.02. The lowest BCUT2D eigenvalue weighted by Gasteiger charge is -2.44. The van der Waals surface area contributed by atoms with Gasteiger partial charge in [-0.15, -0.1) is 0 Å². The van der Waals surface area contributed by atoms with Crippen LogP contribution < -0.4 is 5.32 Å². The number of alkyl halides is 3. The summed E-state index contributed by atoms with van der Waals surface area (Å²) >= 11 is 0. The number of ether oxygens (including phenoxy) is 1. The van der Waals surface area contributed by atoms with Gasteiger partial charge in [-0.25, -0.2) is 4.79 Å². The zero-order valence-electron chi connectivity index (χ0n) is 18.3. The maximum absolute atomic E-state index is 13.1. The number of alkyl carbamates (subject to hydrolysis) is 1. The first-order chi connectivity index (χ1) is 15.8. The molecule has 1 unspecified atom stereocenters. The van der Waals surface area contributed by atoms with Crippen LogP contribution in [0.3, 0.4) is 0 Å². The Labute approximate surface area is 191 Å². The number of amides is 1. The van der Waals surface area contributed by atoms with Gasteiger partial charge in [0, 0.05) is 6.54 Å². The Morgan fingerprint density at radius 3 is 2.48 bits per heavy atom. The third-order valence-electron chi connectivity index (χ3n) is 8.14. The Bertz CT molecular complexity index is 1090. The molecule has 2 bridgehead atoms. The minimum absolute atomic E-state index is 0.0167. The van der Waals surface area contributed by atoms with Gasteiger partial charge in [0.15, 0.2) is 0 Å². The Morgan fingerprint density at radius 2 is 1.82 bits per heavy atom. The van der Waals surface area contributed by atoms with E-state index >= 15 is 0 Å². The lowest BCUT2D eigenvalue weighted by atomic mass is 9.86. The van der Waals surface area contributed by atoms with Gasteiger partial charge in [-0.2, -0.15) is 13.2 Å². The van der Waals surface area contributed by atoms with E-state index in [0.29, 0.717) is 11.5 Å². The summed E-state index contributed by atoms with van der Waals surface area (Å²) in [7, 11) is 0. The average Bonchev–Trinajstić information content (AvgIpc) is 3.51. The number of nitrogens with zero attached hydrogens (tertiary/aromatic N) is 1. The summed E-state index contributed by atoms with van der Waals surface area (Å²) in [6, 6.07) is 11.2. The van der Waals surface area contributed by atoms with Crippen molar-refractivity contribution in [3.8, 4) is 11.1 Å². The van der Waals surface area contributed by atoms with E-state index in [-0.39, 0.29) is 23.7 Å². The number of hydrogen-bond donors (Lipinski definition) is 1. The number of piperidine rings is 3. The number of halogens is 3. The quantitative estimate of drug-likeness (QED) is 0.657. The molecule has 2 aliphatic carbocycles. The van der Waals surface area contributed by atoms with E-state index in [1.54, 1.807) is 6.07 Å². The monoisotopic (exact) mass is 456 g/mol. The molecule has 2 aromatic carbocycles. The molecule has 2 atom stereocenters. The molecule has 174 valence electrons. The number of nitrogens with one attached hydrogen (secondary N) is 1. The Hall–Kier alpha value is -2.54. The van der Waals surface area contributed by atoms with Crippen LogP contribution in [0, 0.1) is 11.3 Å². The van der Waals surface area contributed by atoms with Crippen molar-refractivity contribution in [2.75, 3.05) is 19.6 Å². The fourth-order valence-corrected chi connectivity index (χ4v) is 6.10. The highest BCUT2D eigenvalue weighted by atomic mass is 19.4. The molecule has 3 saturated heterocycles. The van der Waals surface area contributed by atoms with Crippen LogP contribution in [0.1, 0.15) is 48.4 Å². The van der Waals surface area contributed by atoms with E-state index in [2.05, 4.69) is 10.2 Å². The predicted octanol–water partition coefficient (Wildman–Crippen LogP) is 5.57. The van der Waals surface area contributed by atoms with Crippen molar-refractivity contribution in [1.82, 2.24) is 10.2 Å². The number of benzene rings is 2. The second-order valence-corrected chi connectivity index (χ2v) is 10.2. The van der Waals surface area contributed by atoms with Crippen LogP contribution in [-0.4, -0.2) is 36.7 Å². The topological polar surface area (TPSA) is 41.6 Å². The summed E-state index contributed by atoms with van der Waals surface area (Å²) in [5, 5.41) is 3.15. The molecule has 1 amide bonds. The number of rotatable bonds is 3. The van der Waals surface area contributed by atoms with Crippen molar-refractivity contribution in [2.45, 2.75) is 50.4 Å². The number of hydrogen-bond acceptors (Lipinski definition) is 3. The fourth-order valence-electron chi connectivity index (χ4n) is 6.10. The Kier molecular flexibility index (Phi) is 4.77. The molecule has 33 heavy (non-hydrogen) atoms. The maximum Gasteiger partial charge on any atom is 0.416 e. The van der Waals surface area contributed by atoms with Crippen LogP contribution in [0.2, 0.25) is 0 Å². The minimum Gasteiger partial charge on any atom is -0.445 e. The van der Waals surface area contributed by atoms with Crippen molar-refractivity contribution >= 4 is 6.09 Å². The highest BCUT2D eigenvalue weighted by Gasteiger charge is 2.55. The number of carbonyl (C=O) groups excluding carboxylic acids is 1. The molecule has 7 heteroatoms. The normalized spacial score (nSPS) is 29.1. The molecule has 7 rings (SSSR count). The number of fused-ring (bicyclic) bond motifs is 4. The van der Waals surface area contributed by atoms with Gasteiger partial charge in [-0.1, -0.05) is 30.3 Å². The molecule has 1 saturated carbocycles. The van der Waals surface area contributed by atoms with E-state index in [1.165, 1.54) is 12.1 Å². The van der Waals surface area contributed by atoms with Gasteiger partial charge >= 0.3 is 12.3 Å². The highest BCUT2D eigenvalue weighted by molar-refractivity contribution is 5.71. The Balaban J connectivity index is 1.21. The molecule has 4 fully saturated rings. The lowest BCUT2D eigenvalue weighted by Crippen LogP contribution is -2.52. The molecule has 2 aromatic rings. The molecule has 5 aliphatic rings. The first-order valence-corrected chi connectivity index (χ1v) is 11.8. The summed E-state index contributed by atoms with van der Waals surface area (Å²) in [6.07, 6.45) is 0.330. The van der Waals surface area contributed by atoms with Crippen LogP contribution in [0.4, 0.5) is 18.0 Å². The van der Waals surface area contributed by atoms with Gasteiger partial charge in [0.05, 0.1) is 11.6 Å². The first-order valence-electron chi connectivity index (χ1n) is 11.8. The minimum atomic E-state index is -4.37. The summed E-state index contributed by atoms with van der Waals surface area (Å²) in [5.74, 6) is 0.460. The number of carbonyl (C=O) groups is 1. The van der Waals surface area contributed by atoms with Gasteiger partial charge in [0.1, 0.15) is 6.10 Å². The van der Waals surface area contributed by atoms with Crippen LogP contribution in [0.5, 0.6) is 0 Å². The molecular formula is C26H27F3N2O2. The third-order valence-corrected chi connectivity index (χ3v) is 8.14. The fraction of sp³-hybridized carbons (Fsp3) is 0.500. The van der Waals surface area contributed by atoms with Gasteiger partial charge in [0.2, 0.25) is 0 Å². The molecule has 4 nitrogen and oxygen atoms in total. The smallest absolute Gasteiger partial charge is 0.416 e. The third kappa shape index (κ3) is 3.80. The summed E-state index contributed by atoms with van der Waals surface area (Å²) in [4.78, 5) is 15.2. The van der Waals surface area contributed by atoms with E-state index in [9.17, 15) is 18.0 Å². The second-order valence-electron chi connectivity index (χ2n) is 10.2. The second kappa shape index (κ2) is 7.49. The SMILES string of the molecule is O=C(NC1c2ccc(-c3cccc(C(F)(F)F)c3)cc2CC12CC2)O[C@H]1CN2CCC1CC2. The van der Waals surface area contributed by atoms with Crippen molar-refractivity contribution in [1.29, 1.82) is 0 Å². The molecule has 1 N–H and O–H groups in total. The first kappa shape index (κ1) is 21.0.